The molecule has 5 rings (SSSR count). The maximum Gasteiger partial charge on any atom is 0.305 e. The van der Waals surface area contributed by atoms with Crippen LogP contribution in [0, 0.1) is 17.3 Å². The number of esters is 1. The van der Waals surface area contributed by atoms with Crippen molar-refractivity contribution in [2.75, 3.05) is 19.7 Å². The number of carbonyl (C=O) groups is 2. The maximum atomic E-state index is 14.3. The second kappa shape index (κ2) is 14.5. The Hall–Kier alpha value is -3.92. The van der Waals surface area contributed by atoms with Crippen molar-refractivity contribution in [2.24, 2.45) is 17.3 Å². The number of hydrogen-bond acceptors (Lipinski definition) is 3. The molecule has 2 aliphatic rings. The molecule has 0 bridgehead atoms. The van der Waals surface area contributed by atoms with Gasteiger partial charge in [-0.05, 0) is 73.1 Å². The van der Waals surface area contributed by atoms with E-state index in [1.165, 1.54) is 22.3 Å². The van der Waals surface area contributed by atoms with Gasteiger partial charge in [-0.2, -0.15) is 0 Å². The molecule has 0 saturated heterocycles. The SMILES string of the molecule is CCOC(=O)CCCc1cccc(CCCN(CCC(c2ccccc2)c2ccccc2)C(=O)C23C=CC=CC2C3C)c1. The van der Waals surface area contributed by atoms with Crippen LogP contribution in [0.5, 0.6) is 0 Å². The number of ether oxygens (including phenoxy) is 1. The van der Waals surface area contributed by atoms with Crippen molar-refractivity contribution in [3.63, 3.8) is 0 Å². The number of hydrogen-bond donors (Lipinski definition) is 0. The number of nitrogens with zero attached hydrogens (tertiary/aromatic N) is 1. The number of rotatable bonds is 15. The first-order valence-corrected chi connectivity index (χ1v) is 16.0. The second-order valence-electron chi connectivity index (χ2n) is 12.0. The van der Waals surface area contributed by atoms with Crippen LogP contribution in [0.4, 0.5) is 0 Å². The number of allylic oxidation sites excluding steroid dienone is 3. The van der Waals surface area contributed by atoms with E-state index < -0.39 is 0 Å². The minimum atomic E-state index is -0.386. The minimum Gasteiger partial charge on any atom is -0.466 e. The molecule has 3 atom stereocenters. The zero-order valence-corrected chi connectivity index (χ0v) is 25.7. The summed E-state index contributed by atoms with van der Waals surface area (Å²) in [7, 11) is 0. The van der Waals surface area contributed by atoms with Gasteiger partial charge in [0.15, 0.2) is 0 Å². The van der Waals surface area contributed by atoms with Gasteiger partial charge < -0.3 is 9.64 Å². The molecule has 3 unspecified atom stereocenters. The average Bonchev–Trinajstić information content (AvgIpc) is 3.66. The molecule has 0 spiro atoms. The van der Waals surface area contributed by atoms with Gasteiger partial charge in [-0.3, -0.25) is 9.59 Å². The molecule has 4 heteroatoms. The lowest BCUT2D eigenvalue weighted by Gasteiger charge is -2.30. The fourth-order valence-electron chi connectivity index (χ4n) is 6.87. The van der Waals surface area contributed by atoms with Gasteiger partial charge in [-0.15, -0.1) is 0 Å². The van der Waals surface area contributed by atoms with Gasteiger partial charge in [-0.25, -0.2) is 0 Å². The van der Waals surface area contributed by atoms with Gasteiger partial charge in [0.25, 0.3) is 0 Å². The molecule has 4 nitrogen and oxygen atoms in total. The number of fused-ring (bicyclic) bond motifs is 1. The smallest absolute Gasteiger partial charge is 0.305 e. The Kier molecular flexibility index (Phi) is 10.3. The molecule has 2 aliphatic carbocycles. The molecule has 43 heavy (non-hydrogen) atoms. The monoisotopic (exact) mass is 575 g/mol. The Balaban J connectivity index is 1.26. The largest absolute Gasteiger partial charge is 0.466 e. The fraction of sp³-hybridized carbons (Fsp3) is 0.385. The van der Waals surface area contributed by atoms with Crippen LogP contribution in [0.25, 0.3) is 0 Å². The lowest BCUT2D eigenvalue weighted by Crippen LogP contribution is -2.40. The van der Waals surface area contributed by atoms with E-state index in [1.54, 1.807) is 0 Å². The Labute approximate surface area is 257 Å². The summed E-state index contributed by atoms with van der Waals surface area (Å²) in [5.74, 6) is 1.02. The molecule has 1 amide bonds. The quantitative estimate of drug-likeness (QED) is 0.173. The molecular weight excluding hydrogens is 530 g/mol. The van der Waals surface area contributed by atoms with Gasteiger partial charge >= 0.3 is 5.97 Å². The summed E-state index contributed by atoms with van der Waals surface area (Å²) in [6.07, 6.45) is 13.3. The number of benzene rings is 3. The topological polar surface area (TPSA) is 46.6 Å². The molecule has 3 aromatic carbocycles. The van der Waals surface area contributed by atoms with E-state index in [9.17, 15) is 9.59 Å². The van der Waals surface area contributed by atoms with Crippen molar-refractivity contribution >= 4 is 11.9 Å². The molecule has 0 N–H and O–H groups in total. The highest BCUT2D eigenvalue weighted by atomic mass is 16.5. The van der Waals surface area contributed by atoms with Crippen molar-refractivity contribution in [1.82, 2.24) is 4.90 Å². The first kappa shape index (κ1) is 30.5. The lowest BCUT2D eigenvalue weighted by atomic mass is 9.88. The molecule has 0 radical (unpaired) electrons. The third-order valence-electron chi connectivity index (χ3n) is 9.32. The molecular formula is C39H45NO3. The van der Waals surface area contributed by atoms with Crippen molar-refractivity contribution in [2.45, 2.75) is 58.3 Å². The Morgan fingerprint density at radius 1 is 0.837 bits per heavy atom. The first-order valence-electron chi connectivity index (χ1n) is 16.0. The summed E-state index contributed by atoms with van der Waals surface area (Å²) in [5, 5.41) is 0. The van der Waals surface area contributed by atoms with Gasteiger partial charge in [0, 0.05) is 25.4 Å². The van der Waals surface area contributed by atoms with Crippen LogP contribution >= 0.6 is 0 Å². The predicted octanol–water partition coefficient (Wildman–Crippen LogP) is 7.93. The van der Waals surface area contributed by atoms with Crippen molar-refractivity contribution in [1.29, 1.82) is 0 Å². The number of aryl methyl sites for hydroxylation is 2. The van der Waals surface area contributed by atoms with Crippen LogP contribution in [0.2, 0.25) is 0 Å². The standard InChI is InChI=1S/C39H45NO3/c1-3-43-37(41)24-13-17-31-15-12-16-32(29-31)18-14-27-40(38(42)39-26-11-10-23-36(39)30(39)2)28-25-35(33-19-6-4-7-20-33)34-21-8-5-9-22-34/h4-12,15-16,19-23,26,29-30,35-36H,3,13-14,17-18,24-25,27-28H2,1-2H3. The molecule has 0 aromatic heterocycles. The van der Waals surface area contributed by atoms with Gasteiger partial charge in [-0.1, -0.05) is 116 Å². The highest BCUT2D eigenvalue weighted by Crippen LogP contribution is 2.62. The molecule has 1 fully saturated rings. The summed E-state index contributed by atoms with van der Waals surface area (Å²) in [5.41, 5.74) is 4.72. The first-order chi connectivity index (χ1) is 21.0. The molecule has 0 heterocycles. The highest BCUT2D eigenvalue weighted by molar-refractivity contribution is 5.90. The van der Waals surface area contributed by atoms with Crippen LogP contribution in [0.15, 0.2) is 109 Å². The normalized spacial score (nSPS) is 20.1. The van der Waals surface area contributed by atoms with Crippen molar-refractivity contribution in [3.8, 4) is 0 Å². The third-order valence-corrected chi connectivity index (χ3v) is 9.32. The van der Waals surface area contributed by atoms with Crippen LogP contribution in [0.1, 0.15) is 67.7 Å². The van der Waals surface area contributed by atoms with Gasteiger partial charge in [0.2, 0.25) is 5.91 Å². The van der Waals surface area contributed by atoms with Gasteiger partial charge in [0.1, 0.15) is 0 Å². The summed E-state index contributed by atoms with van der Waals surface area (Å²) in [4.78, 5) is 28.1. The van der Waals surface area contributed by atoms with Crippen molar-refractivity contribution < 1.29 is 14.3 Å². The Bertz CT molecular complexity index is 1370. The van der Waals surface area contributed by atoms with E-state index in [4.69, 9.17) is 4.74 Å². The molecule has 224 valence electrons. The minimum absolute atomic E-state index is 0.125. The van der Waals surface area contributed by atoms with E-state index in [2.05, 4.69) is 121 Å². The second-order valence-corrected chi connectivity index (χ2v) is 12.0. The van der Waals surface area contributed by atoms with Gasteiger partial charge in [0.05, 0.1) is 12.0 Å². The van der Waals surface area contributed by atoms with E-state index in [0.29, 0.717) is 24.9 Å². The average molecular weight is 576 g/mol. The number of carbonyl (C=O) groups excluding carboxylic acids is 2. The van der Waals surface area contributed by atoms with Crippen LogP contribution in [0.3, 0.4) is 0 Å². The fourth-order valence-corrected chi connectivity index (χ4v) is 6.87. The molecule has 3 aromatic rings. The summed E-state index contributed by atoms with van der Waals surface area (Å²) < 4.78 is 5.06. The highest BCUT2D eigenvalue weighted by Gasteiger charge is 2.65. The van der Waals surface area contributed by atoms with Crippen LogP contribution < -0.4 is 0 Å². The molecule has 0 aliphatic heterocycles. The lowest BCUT2D eigenvalue weighted by molar-refractivity contribution is -0.143. The zero-order chi connectivity index (χ0) is 30.1. The van der Waals surface area contributed by atoms with E-state index in [-0.39, 0.29) is 23.2 Å². The summed E-state index contributed by atoms with van der Waals surface area (Å²) in [6.45, 7) is 5.94. The Morgan fingerprint density at radius 3 is 2.12 bits per heavy atom. The predicted molar refractivity (Wildman–Crippen MR) is 174 cm³/mol. The number of amides is 1. The van der Waals surface area contributed by atoms with E-state index >= 15 is 0 Å². The maximum absolute atomic E-state index is 14.3. The zero-order valence-electron chi connectivity index (χ0n) is 25.7. The summed E-state index contributed by atoms with van der Waals surface area (Å²) in [6, 6.07) is 30.0. The Morgan fingerprint density at radius 2 is 1.49 bits per heavy atom. The third kappa shape index (κ3) is 7.36. The van der Waals surface area contributed by atoms with E-state index in [0.717, 1.165) is 45.2 Å². The van der Waals surface area contributed by atoms with E-state index in [1.807, 2.05) is 6.92 Å². The summed E-state index contributed by atoms with van der Waals surface area (Å²) >= 11 is 0. The van der Waals surface area contributed by atoms with Crippen LogP contribution in [-0.2, 0) is 27.2 Å². The van der Waals surface area contributed by atoms with Crippen LogP contribution in [-0.4, -0.2) is 36.5 Å². The van der Waals surface area contributed by atoms with Crippen molar-refractivity contribution in [3.05, 3.63) is 131 Å². The molecule has 1 saturated carbocycles.